The molecule has 2 fully saturated rings. The van der Waals surface area contributed by atoms with E-state index in [1.807, 2.05) is 10.6 Å². The lowest BCUT2D eigenvalue weighted by atomic mass is 9.86. The Labute approximate surface area is 187 Å². The summed E-state index contributed by atoms with van der Waals surface area (Å²) in [5, 5.41) is 0. The van der Waals surface area contributed by atoms with Crippen LogP contribution in [0.3, 0.4) is 0 Å². The lowest BCUT2D eigenvalue weighted by Crippen LogP contribution is -2.45. The monoisotopic (exact) mass is 426 g/mol. The van der Waals surface area contributed by atoms with Crippen LogP contribution in [0.5, 0.6) is 0 Å². The number of rotatable bonds is 7. The van der Waals surface area contributed by atoms with Crippen molar-refractivity contribution in [1.29, 1.82) is 0 Å². The predicted molar refractivity (Wildman–Crippen MR) is 130 cm³/mol. The molecule has 5 nitrogen and oxygen atoms in total. The molecule has 5 heteroatoms. The molecule has 172 valence electrons. The third-order valence-electron chi connectivity index (χ3n) is 7.82. The van der Waals surface area contributed by atoms with Gasteiger partial charge in [-0.05, 0) is 69.5 Å². The summed E-state index contributed by atoms with van der Waals surface area (Å²) in [6.45, 7) is 6.99. The topological polar surface area (TPSA) is 56.2 Å². The minimum absolute atomic E-state index is 0.167. The van der Waals surface area contributed by atoms with Crippen molar-refractivity contribution in [3.63, 3.8) is 0 Å². The van der Waals surface area contributed by atoms with Crippen molar-refractivity contribution in [2.45, 2.75) is 83.7 Å². The van der Waals surface area contributed by atoms with E-state index in [4.69, 9.17) is 5.73 Å². The summed E-state index contributed by atoms with van der Waals surface area (Å²) >= 11 is 0. The third-order valence-corrected chi connectivity index (χ3v) is 7.82. The molecule has 2 unspecified atom stereocenters. The van der Waals surface area contributed by atoms with E-state index in [1.54, 1.807) is 0 Å². The molecule has 31 heavy (non-hydrogen) atoms. The van der Waals surface area contributed by atoms with E-state index in [0.717, 1.165) is 62.4 Å². The van der Waals surface area contributed by atoms with Gasteiger partial charge < -0.3 is 10.6 Å². The van der Waals surface area contributed by atoms with Gasteiger partial charge in [-0.15, -0.1) is 0 Å². The van der Waals surface area contributed by atoms with Crippen molar-refractivity contribution in [3.05, 3.63) is 34.7 Å². The molecule has 0 bridgehead atoms. The van der Waals surface area contributed by atoms with Gasteiger partial charge >= 0.3 is 5.69 Å². The number of fused-ring (bicyclic) bond motifs is 1. The molecule has 2 heterocycles. The van der Waals surface area contributed by atoms with Gasteiger partial charge in [-0.2, -0.15) is 0 Å². The highest BCUT2D eigenvalue weighted by Crippen LogP contribution is 2.34. The SMILES string of the molecule is CCn1c(=O)n(C2CCN(CC3CCCCCCC3)CC2CCCN)c2ccccc21. The molecule has 2 atom stereocenters. The van der Waals surface area contributed by atoms with E-state index < -0.39 is 0 Å². The molecular weight excluding hydrogens is 384 g/mol. The average molecular weight is 427 g/mol. The highest BCUT2D eigenvalue weighted by atomic mass is 16.1. The van der Waals surface area contributed by atoms with Gasteiger partial charge in [-0.1, -0.05) is 44.2 Å². The van der Waals surface area contributed by atoms with Gasteiger partial charge in [0, 0.05) is 32.2 Å². The number of para-hydroxylation sites is 2. The quantitative estimate of drug-likeness (QED) is 0.693. The van der Waals surface area contributed by atoms with Gasteiger partial charge in [0.1, 0.15) is 0 Å². The van der Waals surface area contributed by atoms with Gasteiger partial charge in [0.2, 0.25) is 0 Å². The number of benzene rings is 1. The zero-order chi connectivity index (χ0) is 21.6. The summed E-state index contributed by atoms with van der Waals surface area (Å²) in [5.74, 6) is 1.36. The first-order chi connectivity index (χ1) is 15.2. The van der Waals surface area contributed by atoms with Gasteiger partial charge in [0.05, 0.1) is 11.0 Å². The van der Waals surface area contributed by atoms with Crippen LogP contribution >= 0.6 is 0 Å². The normalized spacial score (nSPS) is 24.3. The van der Waals surface area contributed by atoms with Crippen LogP contribution in [0.15, 0.2) is 29.1 Å². The van der Waals surface area contributed by atoms with Crippen LogP contribution in [0.2, 0.25) is 0 Å². The number of aryl methyl sites for hydroxylation is 1. The average Bonchev–Trinajstić information content (AvgIpc) is 3.05. The van der Waals surface area contributed by atoms with E-state index in [2.05, 4.69) is 34.6 Å². The number of imidazole rings is 1. The fourth-order valence-electron chi connectivity index (χ4n) is 6.21. The predicted octanol–water partition coefficient (Wildman–Crippen LogP) is 4.79. The van der Waals surface area contributed by atoms with Crippen LogP contribution < -0.4 is 11.4 Å². The van der Waals surface area contributed by atoms with Gasteiger partial charge in [-0.3, -0.25) is 9.13 Å². The Morgan fingerprint density at radius 1 is 1.00 bits per heavy atom. The maximum Gasteiger partial charge on any atom is 0.329 e. The molecule has 0 radical (unpaired) electrons. The van der Waals surface area contributed by atoms with Crippen LogP contribution in [-0.4, -0.2) is 40.2 Å². The smallest absolute Gasteiger partial charge is 0.329 e. The van der Waals surface area contributed by atoms with Crippen LogP contribution in [-0.2, 0) is 6.54 Å². The minimum Gasteiger partial charge on any atom is -0.330 e. The van der Waals surface area contributed by atoms with Gasteiger partial charge in [0.25, 0.3) is 0 Å². The molecule has 1 aliphatic heterocycles. The Bertz CT molecular complexity index is 877. The molecular formula is C26H42N4O. The van der Waals surface area contributed by atoms with E-state index in [1.165, 1.54) is 51.5 Å². The molecule has 2 aromatic rings. The third kappa shape index (κ3) is 5.09. The van der Waals surface area contributed by atoms with Crippen molar-refractivity contribution in [3.8, 4) is 0 Å². The number of likely N-dealkylation sites (tertiary alicyclic amines) is 1. The second-order valence-electron chi connectivity index (χ2n) is 9.90. The summed E-state index contributed by atoms with van der Waals surface area (Å²) in [5.41, 5.74) is 8.25. The molecule has 1 aromatic carbocycles. The summed E-state index contributed by atoms with van der Waals surface area (Å²) in [4.78, 5) is 16.1. The Hall–Kier alpha value is -1.59. The highest BCUT2D eigenvalue weighted by Gasteiger charge is 2.33. The van der Waals surface area contributed by atoms with Gasteiger partial charge in [-0.25, -0.2) is 4.79 Å². The minimum atomic E-state index is 0.167. The van der Waals surface area contributed by atoms with Crippen molar-refractivity contribution in [1.82, 2.24) is 14.0 Å². The number of hydrogen-bond donors (Lipinski definition) is 1. The first kappa shape index (κ1) is 22.6. The van der Waals surface area contributed by atoms with Gasteiger partial charge in [0.15, 0.2) is 0 Å². The van der Waals surface area contributed by atoms with Crippen LogP contribution in [0.1, 0.15) is 77.2 Å². The van der Waals surface area contributed by atoms with E-state index in [-0.39, 0.29) is 11.7 Å². The second-order valence-corrected chi connectivity index (χ2v) is 9.90. The Kier molecular flexibility index (Phi) is 7.89. The Morgan fingerprint density at radius 2 is 1.71 bits per heavy atom. The largest absolute Gasteiger partial charge is 0.330 e. The summed E-state index contributed by atoms with van der Waals surface area (Å²) in [6, 6.07) is 8.61. The lowest BCUT2D eigenvalue weighted by Gasteiger charge is -2.41. The fraction of sp³-hybridized carbons (Fsp3) is 0.731. The maximum absolute atomic E-state index is 13.4. The molecule has 1 saturated carbocycles. The maximum atomic E-state index is 13.4. The molecule has 0 spiro atoms. The Morgan fingerprint density at radius 3 is 2.42 bits per heavy atom. The summed E-state index contributed by atoms with van der Waals surface area (Å²) in [7, 11) is 0. The summed E-state index contributed by atoms with van der Waals surface area (Å²) < 4.78 is 4.07. The van der Waals surface area contributed by atoms with E-state index >= 15 is 0 Å². The van der Waals surface area contributed by atoms with Crippen molar-refractivity contribution in [2.75, 3.05) is 26.2 Å². The number of piperidine rings is 1. The second kappa shape index (κ2) is 10.8. The van der Waals surface area contributed by atoms with Crippen molar-refractivity contribution in [2.24, 2.45) is 17.6 Å². The highest BCUT2D eigenvalue weighted by molar-refractivity contribution is 5.76. The molecule has 2 aliphatic rings. The molecule has 1 aromatic heterocycles. The first-order valence-electron chi connectivity index (χ1n) is 12.8. The van der Waals surface area contributed by atoms with Crippen molar-refractivity contribution < 1.29 is 0 Å². The molecule has 4 rings (SSSR count). The fourth-order valence-corrected chi connectivity index (χ4v) is 6.21. The number of nitrogens with two attached hydrogens (primary N) is 1. The molecule has 1 aliphatic carbocycles. The van der Waals surface area contributed by atoms with E-state index in [9.17, 15) is 4.79 Å². The Balaban J connectivity index is 1.55. The standard InChI is InChI=1S/C26H42N4O/c1-2-29-24-14-8-9-15-25(24)30(26(29)31)23-16-18-28(20-22(23)13-10-17-27)19-21-11-6-4-3-5-7-12-21/h8-9,14-15,21-23H,2-7,10-13,16-20,27H2,1H3. The molecule has 2 N–H and O–H groups in total. The number of hydrogen-bond acceptors (Lipinski definition) is 3. The van der Waals surface area contributed by atoms with Crippen LogP contribution in [0.25, 0.3) is 11.0 Å². The van der Waals surface area contributed by atoms with E-state index in [0.29, 0.717) is 5.92 Å². The number of nitrogens with zero attached hydrogens (tertiary/aromatic N) is 3. The molecule has 0 amide bonds. The van der Waals surface area contributed by atoms with Crippen LogP contribution in [0.4, 0.5) is 0 Å². The zero-order valence-electron chi connectivity index (χ0n) is 19.5. The number of aromatic nitrogens is 2. The first-order valence-corrected chi connectivity index (χ1v) is 12.8. The zero-order valence-corrected chi connectivity index (χ0v) is 19.5. The summed E-state index contributed by atoms with van der Waals surface area (Å²) in [6.07, 6.45) is 13.1. The van der Waals surface area contributed by atoms with Crippen LogP contribution in [0, 0.1) is 11.8 Å². The molecule has 1 saturated heterocycles. The van der Waals surface area contributed by atoms with Crippen molar-refractivity contribution >= 4 is 11.0 Å². The lowest BCUT2D eigenvalue weighted by molar-refractivity contribution is 0.0961.